The number of fused-ring (bicyclic) bond motifs is 1. The van der Waals surface area contributed by atoms with E-state index in [2.05, 4.69) is 5.32 Å². The highest BCUT2D eigenvalue weighted by atomic mass is 35.5. The average molecular weight is 513 g/mol. The van der Waals surface area contributed by atoms with Crippen LogP contribution in [0.25, 0.3) is 10.8 Å². The molecule has 0 aliphatic rings. The minimum Gasteiger partial charge on any atom is -0.351 e. The lowest BCUT2D eigenvalue weighted by Crippen LogP contribution is -2.40. The van der Waals surface area contributed by atoms with Crippen molar-refractivity contribution in [2.24, 2.45) is 0 Å². The van der Waals surface area contributed by atoms with Crippen LogP contribution in [0.3, 0.4) is 0 Å². The van der Waals surface area contributed by atoms with Gasteiger partial charge in [-0.25, -0.2) is 8.42 Å². The van der Waals surface area contributed by atoms with Crippen LogP contribution in [-0.2, 0) is 27.9 Å². The van der Waals surface area contributed by atoms with Crippen molar-refractivity contribution in [1.29, 1.82) is 0 Å². The SMILES string of the molecule is O=C(CN(Cc1cccc(Cl)c1)S(=O)(=O)c1ccc(Cl)cc1)NCc1cccc2ccccc12. The molecule has 4 aromatic carbocycles. The number of hydrogen-bond donors (Lipinski definition) is 1. The van der Waals surface area contributed by atoms with Gasteiger partial charge in [-0.3, -0.25) is 4.79 Å². The summed E-state index contributed by atoms with van der Waals surface area (Å²) in [4.78, 5) is 12.9. The minimum absolute atomic E-state index is 0.00674. The van der Waals surface area contributed by atoms with Gasteiger partial charge in [-0.05, 0) is 58.3 Å². The van der Waals surface area contributed by atoms with E-state index in [1.807, 2.05) is 42.5 Å². The van der Waals surface area contributed by atoms with Crippen molar-refractivity contribution >= 4 is 49.9 Å². The van der Waals surface area contributed by atoms with Gasteiger partial charge in [0.15, 0.2) is 0 Å². The van der Waals surface area contributed by atoms with Crippen LogP contribution < -0.4 is 5.32 Å². The molecule has 0 saturated carbocycles. The van der Waals surface area contributed by atoms with Gasteiger partial charge in [0.2, 0.25) is 15.9 Å². The van der Waals surface area contributed by atoms with E-state index in [4.69, 9.17) is 23.2 Å². The van der Waals surface area contributed by atoms with E-state index in [0.29, 0.717) is 15.6 Å². The fraction of sp³-hybridized carbons (Fsp3) is 0.115. The Kier molecular flexibility index (Phi) is 7.54. The summed E-state index contributed by atoms with van der Waals surface area (Å²) in [6.45, 7) is -0.0678. The zero-order valence-electron chi connectivity index (χ0n) is 18.1. The highest BCUT2D eigenvalue weighted by molar-refractivity contribution is 7.89. The normalized spacial score (nSPS) is 11.6. The summed E-state index contributed by atoms with van der Waals surface area (Å²) in [5, 5.41) is 5.88. The first-order chi connectivity index (χ1) is 16.3. The van der Waals surface area contributed by atoms with E-state index < -0.39 is 15.9 Å². The summed E-state index contributed by atoms with van der Waals surface area (Å²) in [5.74, 6) is -0.410. The zero-order chi connectivity index (χ0) is 24.1. The maximum atomic E-state index is 13.4. The number of nitrogens with one attached hydrogen (secondary N) is 1. The van der Waals surface area contributed by atoms with Gasteiger partial charge in [0, 0.05) is 23.1 Å². The van der Waals surface area contributed by atoms with E-state index in [-0.39, 0.29) is 24.5 Å². The smallest absolute Gasteiger partial charge is 0.243 e. The topological polar surface area (TPSA) is 66.5 Å². The molecule has 0 unspecified atom stereocenters. The number of rotatable bonds is 8. The molecule has 0 radical (unpaired) electrons. The van der Waals surface area contributed by atoms with Crippen LogP contribution in [0.1, 0.15) is 11.1 Å². The predicted octanol–water partition coefficient (Wildman–Crippen LogP) is 5.65. The third-order valence-electron chi connectivity index (χ3n) is 5.38. The summed E-state index contributed by atoms with van der Waals surface area (Å²) in [6.07, 6.45) is 0. The molecule has 4 rings (SSSR count). The van der Waals surface area contributed by atoms with Crippen molar-refractivity contribution in [1.82, 2.24) is 9.62 Å². The molecule has 0 heterocycles. The number of halogens is 2. The van der Waals surface area contributed by atoms with Crippen molar-refractivity contribution in [3.05, 3.63) is 112 Å². The summed E-state index contributed by atoms with van der Waals surface area (Å²) in [7, 11) is -3.97. The largest absolute Gasteiger partial charge is 0.351 e. The second-order valence-electron chi connectivity index (χ2n) is 7.77. The molecule has 0 atom stereocenters. The zero-order valence-corrected chi connectivity index (χ0v) is 20.4. The lowest BCUT2D eigenvalue weighted by atomic mass is 10.0. The van der Waals surface area contributed by atoms with Gasteiger partial charge < -0.3 is 5.32 Å². The molecule has 0 bridgehead atoms. The van der Waals surface area contributed by atoms with Gasteiger partial charge in [-0.1, -0.05) is 77.8 Å². The van der Waals surface area contributed by atoms with E-state index >= 15 is 0 Å². The maximum Gasteiger partial charge on any atom is 0.243 e. The highest BCUT2D eigenvalue weighted by Gasteiger charge is 2.27. The number of hydrogen-bond acceptors (Lipinski definition) is 3. The third kappa shape index (κ3) is 5.77. The second kappa shape index (κ2) is 10.6. The molecule has 34 heavy (non-hydrogen) atoms. The highest BCUT2D eigenvalue weighted by Crippen LogP contribution is 2.22. The first-order valence-electron chi connectivity index (χ1n) is 10.6. The fourth-order valence-corrected chi connectivity index (χ4v) is 5.40. The average Bonchev–Trinajstić information content (AvgIpc) is 2.82. The number of nitrogens with zero attached hydrogens (tertiary/aromatic N) is 1. The third-order valence-corrected chi connectivity index (χ3v) is 7.67. The molecule has 0 saturated heterocycles. The van der Waals surface area contributed by atoms with E-state index in [1.165, 1.54) is 24.3 Å². The molecular weight excluding hydrogens is 491 g/mol. The number of benzene rings is 4. The van der Waals surface area contributed by atoms with Gasteiger partial charge in [0.1, 0.15) is 0 Å². The Morgan fingerprint density at radius 1 is 0.824 bits per heavy atom. The molecule has 1 amide bonds. The van der Waals surface area contributed by atoms with Crippen LogP contribution in [0.15, 0.2) is 95.9 Å². The molecule has 8 heteroatoms. The maximum absolute atomic E-state index is 13.4. The van der Waals surface area contributed by atoms with Crippen LogP contribution in [0.5, 0.6) is 0 Å². The molecular formula is C26H22Cl2N2O3S. The van der Waals surface area contributed by atoms with Gasteiger partial charge in [0.05, 0.1) is 11.4 Å². The summed E-state index contributed by atoms with van der Waals surface area (Å²) < 4.78 is 27.9. The van der Waals surface area contributed by atoms with Gasteiger partial charge in [0.25, 0.3) is 0 Å². The molecule has 0 aliphatic heterocycles. The number of carbonyl (C=O) groups excluding carboxylic acids is 1. The first kappa shape index (κ1) is 24.2. The lowest BCUT2D eigenvalue weighted by molar-refractivity contribution is -0.121. The molecule has 0 spiro atoms. The number of sulfonamides is 1. The number of carbonyl (C=O) groups is 1. The predicted molar refractivity (Wildman–Crippen MR) is 136 cm³/mol. The Labute approximate surface area is 209 Å². The van der Waals surface area contributed by atoms with Crippen molar-refractivity contribution in [2.75, 3.05) is 6.54 Å². The summed E-state index contributed by atoms with van der Waals surface area (Å²) >= 11 is 12.0. The Balaban J connectivity index is 1.55. The molecule has 174 valence electrons. The van der Waals surface area contributed by atoms with Crippen LogP contribution in [0, 0.1) is 0 Å². The molecule has 4 aromatic rings. The van der Waals surface area contributed by atoms with E-state index in [0.717, 1.165) is 20.6 Å². The summed E-state index contributed by atoms with van der Waals surface area (Å²) in [6, 6.07) is 26.5. The van der Waals surface area contributed by atoms with E-state index in [9.17, 15) is 13.2 Å². The lowest BCUT2D eigenvalue weighted by Gasteiger charge is -2.22. The molecule has 0 aromatic heterocycles. The summed E-state index contributed by atoms with van der Waals surface area (Å²) in [5.41, 5.74) is 1.63. The van der Waals surface area contributed by atoms with Crippen molar-refractivity contribution < 1.29 is 13.2 Å². The van der Waals surface area contributed by atoms with Crippen LogP contribution in [0.2, 0.25) is 10.0 Å². The number of amides is 1. The first-order valence-corrected chi connectivity index (χ1v) is 12.8. The van der Waals surface area contributed by atoms with Crippen molar-refractivity contribution in [3.63, 3.8) is 0 Å². The Bertz CT molecular complexity index is 1420. The second-order valence-corrected chi connectivity index (χ2v) is 10.6. The van der Waals surface area contributed by atoms with Crippen LogP contribution in [-0.4, -0.2) is 25.2 Å². The monoisotopic (exact) mass is 512 g/mol. The van der Waals surface area contributed by atoms with E-state index in [1.54, 1.807) is 24.3 Å². The van der Waals surface area contributed by atoms with Gasteiger partial charge in [-0.15, -0.1) is 0 Å². The molecule has 0 aliphatic carbocycles. The van der Waals surface area contributed by atoms with Crippen LogP contribution >= 0.6 is 23.2 Å². The van der Waals surface area contributed by atoms with Crippen molar-refractivity contribution in [2.45, 2.75) is 18.0 Å². The Morgan fingerprint density at radius 3 is 2.29 bits per heavy atom. The minimum atomic E-state index is -3.97. The quantitative estimate of drug-likeness (QED) is 0.331. The molecule has 0 fully saturated rings. The van der Waals surface area contributed by atoms with Crippen LogP contribution in [0.4, 0.5) is 0 Å². The standard InChI is InChI=1S/C26H22Cl2N2O3S/c27-22-11-13-24(14-12-22)34(32,33)30(17-19-5-3-9-23(28)15-19)18-26(31)29-16-21-8-4-7-20-6-1-2-10-25(20)21/h1-15H,16-18H2,(H,29,31). The fourth-order valence-electron chi connectivity index (χ4n) is 3.68. The Morgan fingerprint density at radius 2 is 1.53 bits per heavy atom. The Hall–Kier alpha value is -2.90. The molecule has 5 nitrogen and oxygen atoms in total. The van der Waals surface area contributed by atoms with Gasteiger partial charge in [-0.2, -0.15) is 4.31 Å². The van der Waals surface area contributed by atoms with Crippen molar-refractivity contribution in [3.8, 4) is 0 Å². The molecule has 1 N–H and O–H groups in total. The van der Waals surface area contributed by atoms with Gasteiger partial charge >= 0.3 is 0 Å².